The van der Waals surface area contributed by atoms with Gasteiger partial charge >= 0.3 is 0 Å². The van der Waals surface area contributed by atoms with E-state index in [-0.39, 0.29) is 11.5 Å². The Balaban J connectivity index is 2.30. The van der Waals surface area contributed by atoms with Gasteiger partial charge in [0.15, 0.2) is 0 Å². The first-order valence-corrected chi connectivity index (χ1v) is 6.71. The minimum absolute atomic E-state index is 0.148. The van der Waals surface area contributed by atoms with Crippen molar-refractivity contribution < 1.29 is 0 Å². The fourth-order valence-corrected chi connectivity index (χ4v) is 2.21. The van der Waals surface area contributed by atoms with E-state index in [0.717, 1.165) is 5.69 Å². The normalized spacial score (nSPS) is 13.3. The average molecular weight is 254 g/mol. The zero-order valence-corrected chi connectivity index (χ0v) is 12.1. The second-order valence-corrected chi connectivity index (χ2v) is 5.85. The Morgan fingerprint density at radius 3 is 2.16 bits per heavy atom. The van der Waals surface area contributed by atoms with Crippen molar-refractivity contribution >= 4 is 0 Å². The van der Waals surface area contributed by atoms with Crippen LogP contribution in [0.1, 0.15) is 43.6 Å². The Labute approximate surface area is 115 Å². The molecule has 0 saturated carbocycles. The molecular formula is C17H22N2. The van der Waals surface area contributed by atoms with Gasteiger partial charge in [0.1, 0.15) is 0 Å². The molecule has 0 aliphatic rings. The molecule has 0 amide bonds. The Morgan fingerprint density at radius 1 is 1.00 bits per heavy atom. The molecule has 1 aromatic carbocycles. The van der Waals surface area contributed by atoms with Crippen LogP contribution >= 0.6 is 0 Å². The number of hydrogen-bond donors (Lipinski definition) is 1. The molecule has 1 unspecified atom stereocenters. The van der Waals surface area contributed by atoms with Gasteiger partial charge in [0.05, 0.1) is 11.7 Å². The summed E-state index contributed by atoms with van der Waals surface area (Å²) in [7, 11) is 1.97. The van der Waals surface area contributed by atoms with Crippen LogP contribution in [0.25, 0.3) is 0 Å². The highest BCUT2D eigenvalue weighted by Crippen LogP contribution is 2.25. The lowest BCUT2D eigenvalue weighted by molar-refractivity contribution is 0.588. The highest BCUT2D eigenvalue weighted by atomic mass is 14.9. The fraction of sp³-hybridized carbons (Fsp3) is 0.353. The van der Waals surface area contributed by atoms with E-state index in [0.29, 0.717) is 0 Å². The smallest absolute Gasteiger partial charge is 0.0748 e. The molecule has 0 saturated heterocycles. The number of nitrogens with zero attached hydrogens (tertiary/aromatic N) is 1. The van der Waals surface area contributed by atoms with Crippen LogP contribution in [0.3, 0.4) is 0 Å². The summed E-state index contributed by atoms with van der Waals surface area (Å²) in [4.78, 5) is 4.43. The number of rotatable bonds is 3. The molecule has 19 heavy (non-hydrogen) atoms. The number of hydrogen-bond acceptors (Lipinski definition) is 2. The van der Waals surface area contributed by atoms with Crippen molar-refractivity contribution in [2.24, 2.45) is 0 Å². The second kappa shape index (κ2) is 5.54. The van der Waals surface area contributed by atoms with Crippen LogP contribution in [0.4, 0.5) is 0 Å². The summed E-state index contributed by atoms with van der Waals surface area (Å²) in [5.74, 6) is 0. The molecule has 0 bridgehead atoms. The van der Waals surface area contributed by atoms with Crippen molar-refractivity contribution in [1.29, 1.82) is 0 Å². The lowest BCUT2D eigenvalue weighted by Crippen LogP contribution is -2.19. The maximum absolute atomic E-state index is 4.43. The minimum atomic E-state index is 0.148. The summed E-state index contributed by atoms with van der Waals surface area (Å²) >= 11 is 0. The van der Waals surface area contributed by atoms with Gasteiger partial charge in [-0.2, -0.15) is 0 Å². The largest absolute Gasteiger partial charge is 0.308 e. The maximum atomic E-state index is 4.43. The molecule has 2 nitrogen and oxygen atoms in total. The highest BCUT2D eigenvalue weighted by molar-refractivity contribution is 5.33. The van der Waals surface area contributed by atoms with E-state index >= 15 is 0 Å². The Hall–Kier alpha value is -1.67. The fourth-order valence-electron chi connectivity index (χ4n) is 2.21. The van der Waals surface area contributed by atoms with Gasteiger partial charge in [0.25, 0.3) is 0 Å². The topological polar surface area (TPSA) is 24.9 Å². The van der Waals surface area contributed by atoms with E-state index < -0.39 is 0 Å². The molecule has 2 rings (SSSR count). The van der Waals surface area contributed by atoms with Crippen LogP contribution in [0, 0.1) is 0 Å². The van der Waals surface area contributed by atoms with E-state index in [1.807, 2.05) is 25.4 Å². The molecule has 2 heteroatoms. The summed E-state index contributed by atoms with van der Waals surface area (Å²) in [5.41, 5.74) is 3.84. The van der Waals surface area contributed by atoms with Gasteiger partial charge in [0, 0.05) is 6.20 Å². The van der Waals surface area contributed by atoms with Crippen molar-refractivity contribution in [3.8, 4) is 0 Å². The zero-order chi connectivity index (χ0) is 13.9. The van der Waals surface area contributed by atoms with Gasteiger partial charge in [-0.15, -0.1) is 0 Å². The average Bonchev–Trinajstić information content (AvgIpc) is 2.40. The first-order chi connectivity index (χ1) is 9.02. The van der Waals surface area contributed by atoms with Crippen LogP contribution in [-0.4, -0.2) is 12.0 Å². The summed E-state index contributed by atoms with van der Waals surface area (Å²) < 4.78 is 0. The molecule has 0 aliphatic carbocycles. The van der Waals surface area contributed by atoms with Gasteiger partial charge in [-0.1, -0.05) is 51.1 Å². The van der Waals surface area contributed by atoms with Crippen molar-refractivity contribution in [3.05, 3.63) is 65.5 Å². The molecule has 0 spiro atoms. The molecule has 0 aliphatic heterocycles. The summed E-state index contributed by atoms with van der Waals surface area (Å²) in [5, 5.41) is 3.33. The third-order valence-electron chi connectivity index (χ3n) is 3.38. The number of nitrogens with one attached hydrogen (secondary N) is 1. The van der Waals surface area contributed by atoms with E-state index in [4.69, 9.17) is 0 Å². The van der Waals surface area contributed by atoms with Crippen LogP contribution in [-0.2, 0) is 5.41 Å². The van der Waals surface area contributed by atoms with Gasteiger partial charge in [-0.05, 0) is 35.7 Å². The SMILES string of the molecule is CNC(c1ccc(C(C)(C)C)cc1)c1ccccn1. The predicted octanol–water partition coefficient (Wildman–Crippen LogP) is 3.69. The maximum Gasteiger partial charge on any atom is 0.0748 e. The number of pyridine rings is 1. The van der Waals surface area contributed by atoms with E-state index in [1.165, 1.54) is 11.1 Å². The van der Waals surface area contributed by atoms with Crippen molar-refractivity contribution in [2.75, 3.05) is 7.05 Å². The van der Waals surface area contributed by atoms with Crippen LogP contribution in [0.15, 0.2) is 48.7 Å². The third-order valence-corrected chi connectivity index (χ3v) is 3.38. The Bertz CT molecular complexity index is 509. The first-order valence-electron chi connectivity index (χ1n) is 6.71. The zero-order valence-electron chi connectivity index (χ0n) is 12.1. The van der Waals surface area contributed by atoms with E-state index in [1.54, 1.807) is 0 Å². The third kappa shape index (κ3) is 3.21. The van der Waals surface area contributed by atoms with Crippen LogP contribution in [0.5, 0.6) is 0 Å². The van der Waals surface area contributed by atoms with Gasteiger partial charge in [0.2, 0.25) is 0 Å². The van der Waals surface area contributed by atoms with E-state index in [9.17, 15) is 0 Å². The van der Waals surface area contributed by atoms with E-state index in [2.05, 4.69) is 61.4 Å². The predicted molar refractivity (Wildman–Crippen MR) is 80.3 cm³/mol. The molecule has 1 N–H and O–H groups in total. The lowest BCUT2D eigenvalue weighted by atomic mass is 9.86. The van der Waals surface area contributed by atoms with Crippen molar-refractivity contribution in [1.82, 2.24) is 10.3 Å². The molecule has 1 aromatic heterocycles. The number of aromatic nitrogens is 1. The monoisotopic (exact) mass is 254 g/mol. The molecule has 0 radical (unpaired) electrons. The highest BCUT2D eigenvalue weighted by Gasteiger charge is 2.16. The number of benzene rings is 1. The standard InChI is InChI=1S/C17H22N2/c1-17(2,3)14-10-8-13(9-11-14)16(18-4)15-7-5-6-12-19-15/h5-12,16,18H,1-4H3. The quantitative estimate of drug-likeness (QED) is 0.903. The molecular weight excluding hydrogens is 232 g/mol. The van der Waals surface area contributed by atoms with Gasteiger partial charge in [-0.25, -0.2) is 0 Å². The molecule has 0 fully saturated rings. The van der Waals surface area contributed by atoms with Gasteiger partial charge < -0.3 is 5.32 Å². The molecule has 2 aromatic rings. The van der Waals surface area contributed by atoms with Crippen LogP contribution < -0.4 is 5.32 Å². The Kier molecular flexibility index (Phi) is 4.01. The van der Waals surface area contributed by atoms with Crippen molar-refractivity contribution in [3.63, 3.8) is 0 Å². The summed E-state index contributed by atoms with van der Waals surface area (Å²) in [6.07, 6.45) is 1.84. The van der Waals surface area contributed by atoms with Crippen molar-refractivity contribution in [2.45, 2.75) is 32.2 Å². The van der Waals surface area contributed by atoms with Crippen LogP contribution in [0.2, 0.25) is 0 Å². The second-order valence-electron chi connectivity index (χ2n) is 5.85. The summed E-state index contributed by atoms with van der Waals surface area (Å²) in [6.45, 7) is 6.70. The Morgan fingerprint density at radius 2 is 1.68 bits per heavy atom. The molecule has 100 valence electrons. The molecule has 1 heterocycles. The lowest BCUT2D eigenvalue weighted by Gasteiger charge is -2.21. The molecule has 1 atom stereocenters. The van der Waals surface area contributed by atoms with Gasteiger partial charge in [-0.3, -0.25) is 4.98 Å². The first kappa shape index (κ1) is 13.8. The summed E-state index contributed by atoms with van der Waals surface area (Å²) in [6, 6.07) is 15.0. The minimum Gasteiger partial charge on any atom is -0.308 e.